The molecule has 13 heavy (non-hydrogen) atoms. The Hall–Kier alpha value is -0.530. The third kappa shape index (κ3) is 2.71. The van der Waals surface area contributed by atoms with Crippen molar-refractivity contribution < 1.29 is 4.79 Å². The molecule has 0 N–H and O–H groups in total. The zero-order valence-corrected chi connectivity index (χ0v) is 9.05. The smallest absolute Gasteiger partial charge is 0.225 e. The molecule has 2 nitrogen and oxygen atoms in total. The SMILES string of the molecule is CC(C(=O)N(C)C)C1CCCCC1. The van der Waals surface area contributed by atoms with Crippen LogP contribution in [0.15, 0.2) is 0 Å². The molecule has 0 aromatic rings. The maximum absolute atomic E-state index is 11.7. The predicted molar refractivity (Wildman–Crippen MR) is 54.4 cm³/mol. The van der Waals surface area contributed by atoms with Crippen molar-refractivity contribution in [2.75, 3.05) is 14.1 Å². The van der Waals surface area contributed by atoms with Crippen LogP contribution in [-0.4, -0.2) is 24.9 Å². The summed E-state index contributed by atoms with van der Waals surface area (Å²) in [6.07, 6.45) is 6.49. The van der Waals surface area contributed by atoms with Gasteiger partial charge in [0, 0.05) is 20.0 Å². The average molecular weight is 183 g/mol. The minimum absolute atomic E-state index is 0.232. The molecule has 1 aliphatic carbocycles. The molecule has 0 heterocycles. The van der Waals surface area contributed by atoms with Gasteiger partial charge in [-0.15, -0.1) is 0 Å². The van der Waals surface area contributed by atoms with E-state index in [0.717, 1.165) is 0 Å². The molecule has 0 radical (unpaired) electrons. The minimum Gasteiger partial charge on any atom is -0.349 e. The van der Waals surface area contributed by atoms with E-state index in [9.17, 15) is 4.79 Å². The van der Waals surface area contributed by atoms with E-state index in [2.05, 4.69) is 6.92 Å². The van der Waals surface area contributed by atoms with Gasteiger partial charge in [0.2, 0.25) is 5.91 Å². The van der Waals surface area contributed by atoms with Crippen molar-refractivity contribution in [1.82, 2.24) is 4.90 Å². The molecule has 0 aliphatic heterocycles. The number of nitrogens with zero attached hydrogens (tertiary/aromatic N) is 1. The standard InChI is InChI=1S/C11H21NO/c1-9(11(13)12(2)3)10-7-5-4-6-8-10/h9-10H,4-8H2,1-3H3. The largest absolute Gasteiger partial charge is 0.349 e. The third-order valence-corrected chi connectivity index (χ3v) is 3.19. The molecule has 1 aliphatic rings. The van der Waals surface area contributed by atoms with Crippen LogP contribution in [0.5, 0.6) is 0 Å². The zero-order valence-electron chi connectivity index (χ0n) is 9.05. The molecule has 0 aromatic carbocycles. The second-order valence-electron chi connectivity index (χ2n) is 4.42. The highest BCUT2D eigenvalue weighted by atomic mass is 16.2. The van der Waals surface area contributed by atoms with Gasteiger partial charge in [0.15, 0.2) is 0 Å². The summed E-state index contributed by atoms with van der Waals surface area (Å²) in [5, 5.41) is 0. The van der Waals surface area contributed by atoms with Crippen molar-refractivity contribution in [1.29, 1.82) is 0 Å². The van der Waals surface area contributed by atoms with Gasteiger partial charge in [-0.1, -0.05) is 26.2 Å². The molecule has 2 heteroatoms. The maximum atomic E-state index is 11.7. The van der Waals surface area contributed by atoms with Gasteiger partial charge in [0.1, 0.15) is 0 Å². The molecular weight excluding hydrogens is 162 g/mol. The minimum atomic E-state index is 0.232. The van der Waals surface area contributed by atoms with Crippen LogP contribution in [0, 0.1) is 11.8 Å². The van der Waals surface area contributed by atoms with Gasteiger partial charge in [-0.05, 0) is 18.8 Å². The normalized spacial score (nSPS) is 21.2. The van der Waals surface area contributed by atoms with Gasteiger partial charge in [0.25, 0.3) is 0 Å². The van der Waals surface area contributed by atoms with E-state index in [0.29, 0.717) is 11.8 Å². The van der Waals surface area contributed by atoms with Crippen LogP contribution >= 0.6 is 0 Å². The number of carbonyl (C=O) groups is 1. The number of carbonyl (C=O) groups excluding carboxylic acids is 1. The van der Waals surface area contributed by atoms with E-state index < -0.39 is 0 Å². The highest BCUT2D eigenvalue weighted by molar-refractivity contribution is 5.78. The topological polar surface area (TPSA) is 20.3 Å². The van der Waals surface area contributed by atoms with Crippen LogP contribution < -0.4 is 0 Å². The summed E-state index contributed by atoms with van der Waals surface area (Å²) in [6, 6.07) is 0. The van der Waals surface area contributed by atoms with Gasteiger partial charge >= 0.3 is 0 Å². The van der Waals surface area contributed by atoms with Crippen molar-refractivity contribution in [3.63, 3.8) is 0 Å². The number of rotatable bonds is 2. The van der Waals surface area contributed by atoms with Crippen LogP contribution in [0.2, 0.25) is 0 Å². The van der Waals surface area contributed by atoms with Crippen molar-refractivity contribution in [2.24, 2.45) is 11.8 Å². The quantitative estimate of drug-likeness (QED) is 0.643. The summed E-state index contributed by atoms with van der Waals surface area (Å²) in [4.78, 5) is 13.4. The van der Waals surface area contributed by atoms with E-state index in [1.54, 1.807) is 4.90 Å². The van der Waals surface area contributed by atoms with Crippen molar-refractivity contribution in [2.45, 2.75) is 39.0 Å². The van der Waals surface area contributed by atoms with E-state index in [-0.39, 0.29) is 5.92 Å². The van der Waals surface area contributed by atoms with Gasteiger partial charge in [-0.3, -0.25) is 4.79 Å². The molecule has 0 aromatic heterocycles. The van der Waals surface area contributed by atoms with E-state index in [1.165, 1.54) is 32.1 Å². The monoisotopic (exact) mass is 183 g/mol. The second kappa shape index (κ2) is 4.64. The predicted octanol–water partition coefficient (Wildman–Crippen LogP) is 2.29. The zero-order chi connectivity index (χ0) is 9.84. The van der Waals surface area contributed by atoms with Crippen LogP contribution in [0.25, 0.3) is 0 Å². The Labute approximate surface area is 81.3 Å². The Morgan fingerprint density at radius 3 is 2.23 bits per heavy atom. The first-order valence-electron chi connectivity index (χ1n) is 5.34. The maximum Gasteiger partial charge on any atom is 0.225 e. The molecule has 1 fully saturated rings. The average Bonchev–Trinajstić information content (AvgIpc) is 2.17. The van der Waals surface area contributed by atoms with E-state index in [4.69, 9.17) is 0 Å². The molecule has 1 amide bonds. The van der Waals surface area contributed by atoms with Crippen LogP contribution in [0.1, 0.15) is 39.0 Å². The third-order valence-electron chi connectivity index (χ3n) is 3.19. The summed E-state index contributed by atoms with van der Waals surface area (Å²) in [5.74, 6) is 1.17. The summed E-state index contributed by atoms with van der Waals surface area (Å²) in [6.45, 7) is 2.08. The molecule has 0 bridgehead atoms. The Morgan fingerprint density at radius 2 is 1.77 bits per heavy atom. The van der Waals surface area contributed by atoms with Gasteiger partial charge in [-0.25, -0.2) is 0 Å². The lowest BCUT2D eigenvalue weighted by molar-refractivity contribution is -0.134. The Bertz CT molecular complexity index is 171. The number of amides is 1. The summed E-state index contributed by atoms with van der Waals surface area (Å²) in [7, 11) is 3.70. The lowest BCUT2D eigenvalue weighted by Crippen LogP contribution is -2.33. The lowest BCUT2D eigenvalue weighted by Gasteiger charge is -2.28. The molecule has 0 saturated heterocycles. The van der Waals surface area contributed by atoms with Gasteiger partial charge in [0.05, 0.1) is 0 Å². The van der Waals surface area contributed by atoms with Crippen molar-refractivity contribution in [3.05, 3.63) is 0 Å². The fraction of sp³-hybridized carbons (Fsp3) is 0.909. The Morgan fingerprint density at radius 1 is 1.23 bits per heavy atom. The molecule has 1 unspecified atom stereocenters. The lowest BCUT2D eigenvalue weighted by atomic mass is 9.80. The summed E-state index contributed by atoms with van der Waals surface area (Å²) in [5.41, 5.74) is 0. The number of hydrogen-bond donors (Lipinski definition) is 0. The molecule has 1 atom stereocenters. The molecule has 1 rings (SSSR count). The van der Waals surface area contributed by atoms with E-state index in [1.807, 2.05) is 14.1 Å². The van der Waals surface area contributed by atoms with Crippen LogP contribution in [-0.2, 0) is 4.79 Å². The Balaban J connectivity index is 2.45. The van der Waals surface area contributed by atoms with Crippen molar-refractivity contribution in [3.8, 4) is 0 Å². The van der Waals surface area contributed by atoms with E-state index >= 15 is 0 Å². The molecule has 76 valence electrons. The van der Waals surface area contributed by atoms with Crippen molar-refractivity contribution >= 4 is 5.91 Å². The van der Waals surface area contributed by atoms with Gasteiger partial charge < -0.3 is 4.90 Å². The Kier molecular flexibility index (Phi) is 3.76. The summed E-state index contributed by atoms with van der Waals surface area (Å²) < 4.78 is 0. The first kappa shape index (κ1) is 10.6. The first-order valence-corrected chi connectivity index (χ1v) is 5.34. The first-order chi connectivity index (χ1) is 6.13. The fourth-order valence-electron chi connectivity index (χ4n) is 2.24. The second-order valence-corrected chi connectivity index (χ2v) is 4.42. The molecule has 1 saturated carbocycles. The van der Waals surface area contributed by atoms with Crippen LogP contribution in [0.3, 0.4) is 0 Å². The molecule has 0 spiro atoms. The summed E-state index contributed by atoms with van der Waals surface area (Å²) >= 11 is 0. The van der Waals surface area contributed by atoms with Crippen LogP contribution in [0.4, 0.5) is 0 Å². The highest BCUT2D eigenvalue weighted by Crippen LogP contribution is 2.30. The number of hydrogen-bond acceptors (Lipinski definition) is 1. The fourth-order valence-corrected chi connectivity index (χ4v) is 2.24. The molecular formula is C11H21NO. The highest BCUT2D eigenvalue weighted by Gasteiger charge is 2.26. The van der Waals surface area contributed by atoms with Gasteiger partial charge in [-0.2, -0.15) is 0 Å².